The molecule has 0 atom stereocenters. The lowest BCUT2D eigenvalue weighted by Crippen LogP contribution is -2.35. The molecule has 3 nitrogen and oxygen atoms in total. The summed E-state index contributed by atoms with van der Waals surface area (Å²) in [7, 11) is 7.78. The van der Waals surface area contributed by atoms with Crippen molar-refractivity contribution in [2.45, 2.75) is 25.4 Å². The van der Waals surface area contributed by atoms with Gasteiger partial charge >= 0.3 is 6.18 Å². The first kappa shape index (κ1) is 18.3. The summed E-state index contributed by atoms with van der Waals surface area (Å²) in [6.45, 7) is 0.715. The first-order valence-electron chi connectivity index (χ1n) is 7.27. The highest BCUT2D eigenvalue weighted by atomic mass is 19.4. The molecule has 0 aliphatic rings. The van der Waals surface area contributed by atoms with Gasteiger partial charge in [0.2, 0.25) is 0 Å². The molecule has 0 N–H and O–H groups in total. The molecule has 0 saturated heterocycles. The van der Waals surface area contributed by atoms with Gasteiger partial charge in [-0.3, -0.25) is 4.99 Å². The molecular weight excluding hydrogens is 291 g/mol. The van der Waals surface area contributed by atoms with E-state index in [0.29, 0.717) is 6.54 Å². The zero-order valence-electron chi connectivity index (χ0n) is 13.6. The highest BCUT2D eigenvalue weighted by Gasteiger charge is 2.29. The lowest BCUT2D eigenvalue weighted by Gasteiger charge is -2.22. The van der Waals surface area contributed by atoms with Gasteiger partial charge in [-0.15, -0.1) is 0 Å². The number of aryl methyl sites for hydroxylation is 1. The molecule has 22 heavy (non-hydrogen) atoms. The number of guanidine groups is 1. The fourth-order valence-electron chi connectivity index (χ4n) is 2.16. The molecule has 1 aromatic carbocycles. The minimum absolute atomic E-state index is 0.595. The third-order valence-electron chi connectivity index (χ3n) is 3.21. The number of aliphatic imine (C=N–C) groups is 1. The molecule has 1 aromatic rings. The van der Waals surface area contributed by atoms with Gasteiger partial charge in [0.05, 0.1) is 5.56 Å². The van der Waals surface area contributed by atoms with E-state index in [1.54, 1.807) is 12.1 Å². The Morgan fingerprint density at radius 2 is 1.50 bits per heavy atom. The lowest BCUT2D eigenvalue weighted by molar-refractivity contribution is -0.137. The van der Waals surface area contributed by atoms with Crippen LogP contribution in [0.25, 0.3) is 0 Å². The first-order chi connectivity index (χ1) is 10.2. The molecule has 0 spiro atoms. The van der Waals surface area contributed by atoms with Crippen molar-refractivity contribution in [3.05, 3.63) is 35.4 Å². The summed E-state index contributed by atoms with van der Waals surface area (Å²) in [5.41, 5.74) is 0.333. The number of hydrogen-bond donors (Lipinski definition) is 0. The van der Waals surface area contributed by atoms with Crippen molar-refractivity contribution >= 4 is 5.96 Å². The highest BCUT2D eigenvalue weighted by molar-refractivity contribution is 5.79. The molecule has 0 aliphatic carbocycles. The summed E-state index contributed by atoms with van der Waals surface area (Å²) in [6.07, 6.45) is -1.68. The molecule has 124 valence electrons. The molecule has 0 aliphatic heterocycles. The molecule has 1 rings (SSSR count). The fraction of sp³-hybridized carbons (Fsp3) is 0.562. The number of benzene rings is 1. The second kappa shape index (κ2) is 8.06. The van der Waals surface area contributed by atoms with Crippen LogP contribution >= 0.6 is 0 Å². The van der Waals surface area contributed by atoms with Crippen LogP contribution in [0.4, 0.5) is 13.2 Å². The molecule has 0 amide bonds. The third kappa shape index (κ3) is 5.95. The second-order valence-electron chi connectivity index (χ2n) is 5.62. The summed E-state index contributed by atoms with van der Waals surface area (Å²) in [4.78, 5) is 8.43. The molecule has 0 saturated carbocycles. The van der Waals surface area contributed by atoms with Crippen LogP contribution in [-0.2, 0) is 12.6 Å². The third-order valence-corrected chi connectivity index (χ3v) is 3.21. The van der Waals surface area contributed by atoms with E-state index in [0.717, 1.165) is 42.9 Å². The molecule has 0 aromatic heterocycles. The number of rotatable bonds is 5. The van der Waals surface area contributed by atoms with Crippen LogP contribution < -0.4 is 0 Å². The largest absolute Gasteiger partial charge is 0.416 e. The number of hydrogen-bond acceptors (Lipinski definition) is 1. The van der Waals surface area contributed by atoms with Gasteiger partial charge in [-0.1, -0.05) is 12.1 Å². The molecule has 0 fully saturated rings. The van der Waals surface area contributed by atoms with Gasteiger partial charge in [0, 0.05) is 34.7 Å². The van der Waals surface area contributed by atoms with Crippen molar-refractivity contribution in [1.29, 1.82) is 0 Å². The van der Waals surface area contributed by atoms with Crippen molar-refractivity contribution in [2.24, 2.45) is 4.99 Å². The van der Waals surface area contributed by atoms with E-state index in [1.807, 2.05) is 38.0 Å². The first-order valence-corrected chi connectivity index (χ1v) is 7.27. The Morgan fingerprint density at radius 1 is 0.955 bits per heavy atom. The quantitative estimate of drug-likeness (QED) is 0.470. The smallest absolute Gasteiger partial charge is 0.349 e. The standard InChI is InChI=1S/C16H24F3N3/c1-21(2)15(22(3)4)20-12-6-5-7-13-8-10-14(11-9-13)16(17,18)19/h8-11H,5-7,12H2,1-4H3. The Hall–Kier alpha value is -1.72. The average molecular weight is 315 g/mol. The Bertz CT molecular complexity index is 466. The van der Waals surface area contributed by atoms with Crippen LogP contribution in [0.15, 0.2) is 29.3 Å². The summed E-state index contributed by atoms with van der Waals surface area (Å²) in [5.74, 6) is 0.912. The summed E-state index contributed by atoms with van der Waals surface area (Å²) in [5, 5.41) is 0. The van der Waals surface area contributed by atoms with E-state index >= 15 is 0 Å². The SMILES string of the molecule is CN(C)C(=NCCCCc1ccc(C(F)(F)F)cc1)N(C)C. The molecular formula is C16H24F3N3. The lowest BCUT2D eigenvalue weighted by atomic mass is 10.1. The average Bonchev–Trinajstić information content (AvgIpc) is 2.41. The van der Waals surface area contributed by atoms with Gasteiger partial charge in [-0.05, 0) is 37.0 Å². The van der Waals surface area contributed by atoms with E-state index in [-0.39, 0.29) is 0 Å². The van der Waals surface area contributed by atoms with Crippen LogP contribution in [0.5, 0.6) is 0 Å². The van der Waals surface area contributed by atoms with E-state index in [1.165, 1.54) is 0 Å². The predicted octanol–water partition coefficient (Wildman–Crippen LogP) is 3.51. The van der Waals surface area contributed by atoms with Crippen LogP contribution in [-0.4, -0.2) is 50.5 Å². The van der Waals surface area contributed by atoms with E-state index in [9.17, 15) is 13.2 Å². The van der Waals surface area contributed by atoms with E-state index < -0.39 is 11.7 Å². The fourth-order valence-corrected chi connectivity index (χ4v) is 2.16. The van der Waals surface area contributed by atoms with Crippen LogP contribution in [0.2, 0.25) is 0 Å². The maximum absolute atomic E-state index is 12.5. The van der Waals surface area contributed by atoms with Crippen molar-refractivity contribution in [3.8, 4) is 0 Å². The number of unbranched alkanes of at least 4 members (excludes halogenated alkanes) is 1. The summed E-state index contributed by atoms with van der Waals surface area (Å²) < 4.78 is 37.4. The summed E-state index contributed by atoms with van der Waals surface area (Å²) in [6, 6.07) is 5.39. The summed E-state index contributed by atoms with van der Waals surface area (Å²) >= 11 is 0. The van der Waals surface area contributed by atoms with Crippen molar-refractivity contribution in [3.63, 3.8) is 0 Å². The predicted molar refractivity (Wildman–Crippen MR) is 84.1 cm³/mol. The van der Waals surface area contributed by atoms with Crippen molar-refractivity contribution in [1.82, 2.24) is 9.80 Å². The van der Waals surface area contributed by atoms with Gasteiger partial charge < -0.3 is 9.80 Å². The van der Waals surface area contributed by atoms with Gasteiger partial charge in [-0.25, -0.2) is 0 Å². The maximum Gasteiger partial charge on any atom is 0.416 e. The van der Waals surface area contributed by atoms with Crippen molar-refractivity contribution in [2.75, 3.05) is 34.7 Å². The minimum atomic E-state index is -4.26. The molecule has 0 unspecified atom stereocenters. The van der Waals surface area contributed by atoms with Crippen LogP contribution in [0.1, 0.15) is 24.0 Å². The van der Waals surface area contributed by atoms with Crippen LogP contribution in [0, 0.1) is 0 Å². The number of alkyl halides is 3. The van der Waals surface area contributed by atoms with Gasteiger partial charge in [0.25, 0.3) is 0 Å². The molecule has 6 heteroatoms. The number of nitrogens with zero attached hydrogens (tertiary/aromatic N) is 3. The van der Waals surface area contributed by atoms with Gasteiger partial charge in [0.15, 0.2) is 5.96 Å². The maximum atomic E-state index is 12.5. The van der Waals surface area contributed by atoms with Gasteiger partial charge in [0.1, 0.15) is 0 Å². The second-order valence-corrected chi connectivity index (χ2v) is 5.62. The zero-order valence-corrected chi connectivity index (χ0v) is 13.6. The molecule has 0 bridgehead atoms. The van der Waals surface area contributed by atoms with Crippen LogP contribution in [0.3, 0.4) is 0 Å². The topological polar surface area (TPSA) is 18.8 Å². The van der Waals surface area contributed by atoms with E-state index in [2.05, 4.69) is 4.99 Å². The monoisotopic (exact) mass is 315 g/mol. The van der Waals surface area contributed by atoms with Gasteiger partial charge in [-0.2, -0.15) is 13.2 Å². The number of halogens is 3. The Morgan fingerprint density at radius 3 is 1.95 bits per heavy atom. The Labute approximate surface area is 130 Å². The molecule has 0 radical (unpaired) electrons. The highest BCUT2D eigenvalue weighted by Crippen LogP contribution is 2.29. The van der Waals surface area contributed by atoms with Crippen molar-refractivity contribution < 1.29 is 13.2 Å². The Kier molecular flexibility index (Phi) is 6.71. The minimum Gasteiger partial charge on any atom is -0.349 e. The Balaban J connectivity index is 2.40. The zero-order chi connectivity index (χ0) is 16.8. The van der Waals surface area contributed by atoms with E-state index in [4.69, 9.17) is 0 Å². The normalized spacial score (nSPS) is 11.2. The molecule has 0 heterocycles.